The molecule has 0 unspecified atom stereocenters. The molecule has 0 aromatic carbocycles. The minimum absolute atomic E-state index is 0. The molecule has 19 heavy (non-hydrogen) atoms. The van der Waals surface area contributed by atoms with Crippen molar-refractivity contribution in [2.45, 2.75) is 13.0 Å². The molecular weight excluding hydrogens is 373 g/mol. The highest BCUT2D eigenvalue weighted by atomic mass is 127. The molecule has 0 fully saturated rings. The van der Waals surface area contributed by atoms with Gasteiger partial charge in [-0.2, -0.15) is 5.10 Å². The van der Waals surface area contributed by atoms with E-state index in [2.05, 4.69) is 32.9 Å². The first-order valence-electron chi connectivity index (χ1n) is 5.78. The lowest BCUT2D eigenvalue weighted by molar-refractivity contribution is 0.766. The topological polar surface area (TPSA) is 68.2 Å². The van der Waals surface area contributed by atoms with Gasteiger partial charge in [0, 0.05) is 30.2 Å². The van der Waals surface area contributed by atoms with Gasteiger partial charge in [0.1, 0.15) is 0 Å². The van der Waals surface area contributed by atoms with E-state index < -0.39 is 0 Å². The first-order chi connectivity index (χ1) is 8.74. The molecule has 3 N–H and O–H groups in total. The third-order valence-corrected chi connectivity index (χ3v) is 3.38. The number of nitrogens with two attached hydrogens (primary N) is 1. The Hall–Kier alpha value is -1.09. The van der Waals surface area contributed by atoms with E-state index in [-0.39, 0.29) is 24.0 Å². The van der Waals surface area contributed by atoms with E-state index in [0.717, 1.165) is 18.5 Å². The summed E-state index contributed by atoms with van der Waals surface area (Å²) in [5, 5.41) is 9.26. The van der Waals surface area contributed by atoms with Crippen LogP contribution >= 0.6 is 35.3 Å². The third-order valence-electron chi connectivity index (χ3n) is 2.45. The summed E-state index contributed by atoms with van der Waals surface area (Å²) < 4.78 is 1.76. The Morgan fingerprint density at radius 1 is 1.58 bits per heavy atom. The maximum Gasteiger partial charge on any atom is 0.188 e. The number of guanidine groups is 1. The van der Waals surface area contributed by atoms with Crippen molar-refractivity contribution in [3.63, 3.8) is 0 Å². The highest BCUT2D eigenvalue weighted by Crippen LogP contribution is 2.07. The van der Waals surface area contributed by atoms with Crippen LogP contribution in [0.1, 0.15) is 10.4 Å². The fourth-order valence-corrected chi connectivity index (χ4v) is 2.26. The molecule has 2 rings (SSSR count). The molecule has 104 valence electrons. The number of halogens is 1. The predicted octanol–water partition coefficient (Wildman–Crippen LogP) is 1.75. The summed E-state index contributed by atoms with van der Waals surface area (Å²) in [5.41, 5.74) is 6.84. The molecule has 0 saturated carbocycles. The number of hydrogen-bond donors (Lipinski definition) is 2. The second-order valence-electron chi connectivity index (χ2n) is 3.98. The van der Waals surface area contributed by atoms with Gasteiger partial charge in [-0.1, -0.05) is 6.07 Å². The third kappa shape index (κ3) is 5.60. The first-order valence-corrected chi connectivity index (χ1v) is 6.65. The average Bonchev–Trinajstić information content (AvgIpc) is 2.98. The summed E-state index contributed by atoms with van der Waals surface area (Å²) in [4.78, 5) is 5.61. The van der Waals surface area contributed by atoms with Crippen LogP contribution in [0.15, 0.2) is 34.9 Å². The summed E-state index contributed by atoms with van der Waals surface area (Å²) in [5.74, 6) is 0.482. The molecule has 5 nitrogen and oxygen atoms in total. The molecule has 0 atom stereocenters. The lowest BCUT2D eigenvalue weighted by Gasteiger charge is -2.03. The van der Waals surface area contributed by atoms with Crippen LogP contribution in [0.3, 0.4) is 0 Å². The lowest BCUT2D eigenvalue weighted by atomic mass is 10.3. The summed E-state index contributed by atoms with van der Waals surface area (Å²) in [6, 6.07) is 4.18. The zero-order valence-electron chi connectivity index (χ0n) is 10.7. The highest BCUT2D eigenvalue weighted by Gasteiger charge is 1.97. The van der Waals surface area contributed by atoms with Gasteiger partial charge in [-0.15, -0.1) is 35.3 Å². The summed E-state index contributed by atoms with van der Waals surface area (Å²) in [6.07, 6.45) is 4.70. The predicted molar refractivity (Wildman–Crippen MR) is 90.0 cm³/mol. The van der Waals surface area contributed by atoms with Crippen molar-refractivity contribution in [3.8, 4) is 0 Å². The van der Waals surface area contributed by atoms with Gasteiger partial charge in [-0.3, -0.25) is 4.68 Å². The van der Waals surface area contributed by atoms with Crippen LogP contribution in [0, 0.1) is 0 Å². The van der Waals surface area contributed by atoms with Crippen molar-refractivity contribution in [1.29, 1.82) is 0 Å². The number of thiophene rings is 1. The first kappa shape index (κ1) is 16.0. The largest absolute Gasteiger partial charge is 0.370 e. The summed E-state index contributed by atoms with van der Waals surface area (Å²) >= 11 is 1.76. The Bertz CT molecular complexity index is 506. The van der Waals surface area contributed by atoms with Crippen LogP contribution in [0.4, 0.5) is 0 Å². The molecule has 0 aliphatic carbocycles. The quantitative estimate of drug-likeness (QED) is 0.464. The number of nitrogens with one attached hydrogen (secondary N) is 1. The van der Waals surface area contributed by atoms with Crippen LogP contribution in [0.5, 0.6) is 0 Å². The number of aryl methyl sites for hydroxylation is 1. The van der Waals surface area contributed by atoms with E-state index in [9.17, 15) is 0 Å². The fraction of sp³-hybridized carbons (Fsp3) is 0.333. The molecule has 0 radical (unpaired) electrons. The van der Waals surface area contributed by atoms with Crippen molar-refractivity contribution in [1.82, 2.24) is 15.1 Å². The van der Waals surface area contributed by atoms with E-state index in [0.29, 0.717) is 12.5 Å². The molecule has 7 heteroatoms. The molecule has 2 aromatic rings. The Morgan fingerprint density at radius 2 is 2.42 bits per heavy atom. The van der Waals surface area contributed by atoms with Crippen molar-refractivity contribution in [3.05, 3.63) is 40.3 Å². The van der Waals surface area contributed by atoms with Crippen LogP contribution in [-0.4, -0.2) is 22.3 Å². The van der Waals surface area contributed by atoms with Gasteiger partial charge in [0.15, 0.2) is 5.96 Å². The van der Waals surface area contributed by atoms with Crippen molar-refractivity contribution >= 4 is 41.3 Å². The average molecular weight is 391 g/mol. The van der Waals surface area contributed by atoms with Crippen LogP contribution in [-0.2, 0) is 20.0 Å². The molecule has 0 aliphatic heterocycles. The highest BCUT2D eigenvalue weighted by molar-refractivity contribution is 14.0. The fourth-order valence-electron chi connectivity index (χ4n) is 1.55. The minimum Gasteiger partial charge on any atom is -0.370 e. The van der Waals surface area contributed by atoms with Crippen molar-refractivity contribution in [2.24, 2.45) is 17.8 Å². The van der Waals surface area contributed by atoms with E-state index >= 15 is 0 Å². The molecular formula is C12H18IN5S. The van der Waals surface area contributed by atoms with Crippen molar-refractivity contribution < 1.29 is 0 Å². The van der Waals surface area contributed by atoms with Crippen LogP contribution in [0.2, 0.25) is 0 Å². The normalized spacial score (nSPS) is 11.1. The summed E-state index contributed by atoms with van der Waals surface area (Å²) in [7, 11) is 1.88. The molecule has 0 aliphatic rings. The number of nitrogens with zero attached hydrogens (tertiary/aromatic N) is 3. The Morgan fingerprint density at radius 3 is 3.05 bits per heavy atom. The maximum absolute atomic E-state index is 5.78. The van der Waals surface area contributed by atoms with Gasteiger partial charge >= 0.3 is 0 Å². The minimum atomic E-state index is 0. The van der Waals surface area contributed by atoms with E-state index in [1.807, 2.05) is 13.2 Å². The van der Waals surface area contributed by atoms with E-state index in [4.69, 9.17) is 5.73 Å². The van der Waals surface area contributed by atoms with Gasteiger partial charge in [-0.05, 0) is 17.9 Å². The number of hydrogen-bond acceptors (Lipinski definition) is 3. The molecule has 0 bridgehead atoms. The monoisotopic (exact) mass is 391 g/mol. The van der Waals surface area contributed by atoms with Crippen LogP contribution in [0.25, 0.3) is 0 Å². The standard InChI is InChI=1S/C12H17N5S.HI/c1-17-9-10(8-16-17)7-15-12(13)14-5-4-11-3-2-6-18-11;/h2-3,6,8-9H,4-5,7H2,1H3,(H3,13,14,15);1H. The summed E-state index contributed by atoms with van der Waals surface area (Å²) in [6.45, 7) is 1.37. The zero-order valence-corrected chi connectivity index (χ0v) is 13.9. The maximum atomic E-state index is 5.78. The molecule has 2 heterocycles. The van der Waals surface area contributed by atoms with Gasteiger partial charge in [-0.25, -0.2) is 4.99 Å². The molecule has 0 saturated heterocycles. The second kappa shape index (κ2) is 8.16. The van der Waals surface area contributed by atoms with Gasteiger partial charge < -0.3 is 11.1 Å². The zero-order chi connectivity index (χ0) is 12.8. The second-order valence-corrected chi connectivity index (χ2v) is 5.01. The van der Waals surface area contributed by atoms with E-state index in [1.54, 1.807) is 22.2 Å². The van der Waals surface area contributed by atoms with Gasteiger partial charge in [0.2, 0.25) is 0 Å². The Labute approximate surface area is 133 Å². The van der Waals surface area contributed by atoms with E-state index in [1.165, 1.54) is 4.88 Å². The van der Waals surface area contributed by atoms with Crippen molar-refractivity contribution in [2.75, 3.05) is 6.54 Å². The van der Waals surface area contributed by atoms with Gasteiger partial charge in [0.25, 0.3) is 0 Å². The molecule has 2 aromatic heterocycles. The number of aliphatic imine (C=N–C) groups is 1. The molecule has 0 amide bonds. The number of aromatic nitrogens is 2. The smallest absolute Gasteiger partial charge is 0.188 e. The molecule has 0 spiro atoms. The Kier molecular flexibility index (Phi) is 6.85. The number of rotatable bonds is 5. The lowest BCUT2D eigenvalue weighted by Crippen LogP contribution is -2.33. The van der Waals surface area contributed by atoms with Crippen LogP contribution < -0.4 is 11.1 Å². The Balaban J connectivity index is 0.00000180. The SMILES string of the molecule is Cn1cc(CN=C(N)NCCc2cccs2)cn1.I. The van der Waals surface area contributed by atoms with Gasteiger partial charge in [0.05, 0.1) is 12.7 Å².